The first kappa shape index (κ1) is 18.8. The minimum Gasteiger partial charge on any atom is -0.403 e. The maximum Gasteiger partial charge on any atom is 0.168 e. The van der Waals surface area contributed by atoms with E-state index in [0.717, 1.165) is 29.5 Å². The van der Waals surface area contributed by atoms with Gasteiger partial charge in [0.15, 0.2) is 11.7 Å². The van der Waals surface area contributed by atoms with E-state index < -0.39 is 11.6 Å². The van der Waals surface area contributed by atoms with Crippen molar-refractivity contribution in [3.63, 3.8) is 0 Å². The van der Waals surface area contributed by atoms with Crippen molar-refractivity contribution in [1.29, 1.82) is 0 Å². The molecule has 2 heterocycles. The number of rotatable bonds is 3. The summed E-state index contributed by atoms with van der Waals surface area (Å²) in [6.45, 7) is 0. The summed E-state index contributed by atoms with van der Waals surface area (Å²) < 4.78 is 30.4. The first-order chi connectivity index (χ1) is 14.0. The molecule has 1 aliphatic heterocycles. The van der Waals surface area contributed by atoms with Crippen LogP contribution in [0.4, 0.5) is 20.2 Å². The number of aryl methyl sites for hydroxylation is 1. The van der Waals surface area contributed by atoms with E-state index in [0.29, 0.717) is 11.4 Å². The third-order valence-electron chi connectivity index (χ3n) is 4.29. The molecule has 0 saturated heterocycles. The monoisotopic (exact) mass is 412 g/mol. The highest BCUT2D eigenvalue weighted by molar-refractivity contribution is 6.46. The summed E-state index contributed by atoms with van der Waals surface area (Å²) >= 11 is 6.16. The molecule has 0 fully saturated rings. The average molecular weight is 413 g/mol. The van der Waals surface area contributed by atoms with Gasteiger partial charge < -0.3 is 11.1 Å². The number of nitrogens with zero attached hydrogens (tertiary/aromatic N) is 4. The Balaban J connectivity index is 1.90. The van der Waals surface area contributed by atoms with E-state index in [4.69, 9.17) is 17.3 Å². The molecule has 0 radical (unpaired) electrons. The Kier molecular flexibility index (Phi) is 4.85. The fourth-order valence-electron chi connectivity index (χ4n) is 2.90. The van der Waals surface area contributed by atoms with E-state index in [1.165, 1.54) is 6.07 Å². The van der Waals surface area contributed by atoms with Crippen LogP contribution in [0.5, 0.6) is 0 Å². The maximum atomic E-state index is 14.3. The molecular weight excluding hydrogens is 398 g/mol. The van der Waals surface area contributed by atoms with Gasteiger partial charge in [0, 0.05) is 25.0 Å². The van der Waals surface area contributed by atoms with Crippen molar-refractivity contribution in [2.75, 3.05) is 5.32 Å². The molecule has 1 aliphatic rings. The number of hydrogen-bond acceptors (Lipinski definition) is 5. The van der Waals surface area contributed by atoms with Crippen molar-refractivity contribution in [3.8, 4) is 11.1 Å². The molecule has 0 aliphatic carbocycles. The standard InChI is InChI=1S/C20H15ClF2N6/c1-29-10-12(9-25-29)11-5-6-16-17(7-11)27-19(13(21)8-24)28-20(26-16)18-14(22)3-2-4-15(18)23/h2-10H,24H2,1H3,(H,26,27,28)/b13-8+. The highest BCUT2D eigenvalue weighted by Crippen LogP contribution is 2.34. The average Bonchev–Trinajstić information content (AvgIpc) is 3.04. The summed E-state index contributed by atoms with van der Waals surface area (Å²) in [4.78, 5) is 8.62. The molecule has 0 bridgehead atoms. The first-order valence-electron chi connectivity index (χ1n) is 8.56. The Bertz CT molecular complexity index is 1180. The molecule has 0 amide bonds. The molecule has 146 valence electrons. The zero-order valence-corrected chi connectivity index (χ0v) is 16.0. The Morgan fingerprint density at radius 1 is 1.14 bits per heavy atom. The van der Waals surface area contributed by atoms with Gasteiger partial charge in [0.1, 0.15) is 11.6 Å². The van der Waals surface area contributed by atoms with Crippen LogP contribution in [0.15, 0.2) is 70.0 Å². The third kappa shape index (κ3) is 3.62. The van der Waals surface area contributed by atoms with Crippen LogP contribution < -0.4 is 11.1 Å². The van der Waals surface area contributed by atoms with Crippen molar-refractivity contribution in [1.82, 2.24) is 9.78 Å². The van der Waals surface area contributed by atoms with E-state index in [1.54, 1.807) is 16.9 Å². The molecule has 0 unspecified atom stereocenters. The van der Waals surface area contributed by atoms with Gasteiger partial charge in [0.2, 0.25) is 0 Å². The van der Waals surface area contributed by atoms with Crippen LogP contribution in [-0.4, -0.2) is 21.5 Å². The van der Waals surface area contributed by atoms with Gasteiger partial charge in [0.25, 0.3) is 0 Å². The third-order valence-corrected chi connectivity index (χ3v) is 4.60. The number of aliphatic imine (C=N–C) groups is 2. The van der Waals surface area contributed by atoms with E-state index in [-0.39, 0.29) is 22.3 Å². The van der Waals surface area contributed by atoms with Crippen LogP contribution in [0, 0.1) is 11.6 Å². The summed E-state index contributed by atoms with van der Waals surface area (Å²) in [7, 11) is 1.82. The number of aromatic nitrogens is 2. The van der Waals surface area contributed by atoms with Gasteiger partial charge in [-0.3, -0.25) is 4.68 Å². The predicted octanol–water partition coefficient (Wildman–Crippen LogP) is 4.31. The molecule has 2 aromatic carbocycles. The summed E-state index contributed by atoms with van der Waals surface area (Å²) in [6, 6.07) is 8.94. The van der Waals surface area contributed by atoms with Crippen LogP contribution in [0.3, 0.4) is 0 Å². The number of nitrogens with one attached hydrogen (secondary N) is 1. The second-order valence-electron chi connectivity index (χ2n) is 6.27. The van der Waals surface area contributed by atoms with Crippen molar-refractivity contribution < 1.29 is 8.78 Å². The van der Waals surface area contributed by atoms with Gasteiger partial charge in [-0.1, -0.05) is 23.7 Å². The number of amidine groups is 2. The highest BCUT2D eigenvalue weighted by atomic mass is 35.5. The first-order valence-corrected chi connectivity index (χ1v) is 8.93. The minimum absolute atomic E-state index is 0.0779. The van der Waals surface area contributed by atoms with Crippen LogP contribution in [-0.2, 0) is 7.05 Å². The van der Waals surface area contributed by atoms with Gasteiger partial charge in [-0.2, -0.15) is 5.10 Å². The second-order valence-corrected chi connectivity index (χ2v) is 6.67. The molecule has 0 spiro atoms. The number of hydrogen-bond donors (Lipinski definition) is 2. The Morgan fingerprint density at radius 2 is 1.90 bits per heavy atom. The largest absolute Gasteiger partial charge is 0.403 e. The summed E-state index contributed by atoms with van der Waals surface area (Å²) in [5, 5.41) is 7.29. The lowest BCUT2D eigenvalue weighted by atomic mass is 10.1. The van der Waals surface area contributed by atoms with Crippen molar-refractivity contribution in [3.05, 3.63) is 77.2 Å². The topological polar surface area (TPSA) is 80.6 Å². The van der Waals surface area contributed by atoms with Gasteiger partial charge in [-0.05, 0) is 29.8 Å². The van der Waals surface area contributed by atoms with Crippen LogP contribution >= 0.6 is 11.6 Å². The van der Waals surface area contributed by atoms with Crippen LogP contribution in [0.25, 0.3) is 11.1 Å². The number of nitrogens with two attached hydrogens (primary N) is 1. The lowest BCUT2D eigenvalue weighted by molar-refractivity contribution is 0.579. The highest BCUT2D eigenvalue weighted by Gasteiger charge is 2.21. The molecule has 3 N–H and O–H groups in total. The fourth-order valence-corrected chi connectivity index (χ4v) is 2.99. The maximum absolute atomic E-state index is 14.3. The molecule has 1 aromatic heterocycles. The van der Waals surface area contributed by atoms with E-state index >= 15 is 0 Å². The quantitative estimate of drug-likeness (QED) is 0.672. The van der Waals surface area contributed by atoms with Crippen LogP contribution in [0.1, 0.15) is 5.56 Å². The molecule has 6 nitrogen and oxygen atoms in total. The number of anilines is 1. The minimum atomic E-state index is -0.782. The summed E-state index contributed by atoms with van der Waals surface area (Å²) in [6.07, 6.45) is 4.73. The summed E-state index contributed by atoms with van der Waals surface area (Å²) in [5.74, 6) is -1.60. The smallest absolute Gasteiger partial charge is 0.168 e. The van der Waals surface area contributed by atoms with E-state index in [2.05, 4.69) is 20.4 Å². The normalized spacial score (nSPS) is 13.9. The molecule has 0 saturated carbocycles. The Morgan fingerprint density at radius 3 is 2.55 bits per heavy atom. The SMILES string of the molecule is Cn1cc(-c2ccc3c(c2)NC(/C(Cl)=C\N)=NC(c2c(F)cccc2F)=N3)cn1. The van der Waals surface area contributed by atoms with Crippen molar-refractivity contribution >= 4 is 34.6 Å². The molecule has 29 heavy (non-hydrogen) atoms. The van der Waals surface area contributed by atoms with Gasteiger partial charge >= 0.3 is 0 Å². The van der Waals surface area contributed by atoms with Gasteiger partial charge in [0.05, 0.1) is 28.2 Å². The molecule has 4 rings (SSSR count). The molecule has 0 atom stereocenters. The number of halogens is 3. The van der Waals surface area contributed by atoms with E-state index in [1.807, 2.05) is 25.4 Å². The lowest BCUT2D eigenvalue weighted by Crippen LogP contribution is -2.15. The van der Waals surface area contributed by atoms with Crippen molar-refractivity contribution in [2.45, 2.75) is 0 Å². The molecule has 9 heteroatoms. The summed E-state index contributed by atoms with van der Waals surface area (Å²) in [5.41, 5.74) is 7.93. The second kappa shape index (κ2) is 7.48. The lowest BCUT2D eigenvalue weighted by Gasteiger charge is -2.10. The van der Waals surface area contributed by atoms with Crippen LogP contribution in [0.2, 0.25) is 0 Å². The molecular formula is C20H15ClF2N6. The zero-order chi connectivity index (χ0) is 20.5. The Labute approximate surface area is 170 Å². The number of benzene rings is 2. The Hall–Kier alpha value is -3.52. The predicted molar refractivity (Wildman–Crippen MR) is 110 cm³/mol. The van der Waals surface area contributed by atoms with Gasteiger partial charge in [-0.15, -0.1) is 0 Å². The fraction of sp³-hybridized carbons (Fsp3) is 0.0500. The number of fused-ring (bicyclic) bond motifs is 1. The van der Waals surface area contributed by atoms with E-state index in [9.17, 15) is 8.78 Å². The zero-order valence-electron chi connectivity index (χ0n) is 15.2. The van der Waals surface area contributed by atoms with Gasteiger partial charge in [-0.25, -0.2) is 18.8 Å². The molecule has 3 aromatic rings. The van der Waals surface area contributed by atoms with Crippen molar-refractivity contribution in [2.24, 2.45) is 22.8 Å².